The summed E-state index contributed by atoms with van der Waals surface area (Å²) in [6, 6.07) is 6.31. The number of aliphatic hydroxyl groups is 3. The lowest BCUT2D eigenvalue weighted by molar-refractivity contribution is -0.115. The molecule has 7 N–H and O–H groups in total. The van der Waals surface area contributed by atoms with E-state index in [-0.39, 0.29) is 10.8 Å². The van der Waals surface area contributed by atoms with Gasteiger partial charge in [0.15, 0.2) is 6.23 Å². The molecule has 15 heteroatoms. The van der Waals surface area contributed by atoms with Crippen LogP contribution in [0, 0.1) is 0 Å². The van der Waals surface area contributed by atoms with Crippen LogP contribution < -0.4 is 5.73 Å². The molecule has 1 aliphatic heterocycles. The molecular formula is C18H20Cl2N4O8S. The van der Waals surface area contributed by atoms with Gasteiger partial charge in [-0.1, -0.05) is 29.3 Å². The molecule has 1 aliphatic rings. The number of nitrogen functional groups attached to an aromatic ring is 1. The van der Waals surface area contributed by atoms with Crippen molar-refractivity contribution in [3.05, 3.63) is 52.4 Å². The minimum Gasteiger partial charge on any atom is -0.386 e. The van der Waals surface area contributed by atoms with Gasteiger partial charge in [0.2, 0.25) is 0 Å². The number of fused-ring (bicyclic) bond motifs is 1. The summed E-state index contributed by atoms with van der Waals surface area (Å²) in [6.45, 7) is 1.40. The molecule has 180 valence electrons. The smallest absolute Gasteiger partial charge is 0.386 e. The highest BCUT2D eigenvalue weighted by molar-refractivity contribution is 7.79. The van der Waals surface area contributed by atoms with Gasteiger partial charge in [0.1, 0.15) is 41.7 Å². The number of aliphatic hydroxyl groups excluding tert-OH is 2. The van der Waals surface area contributed by atoms with E-state index in [1.54, 1.807) is 29.0 Å². The van der Waals surface area contributed by atoms with Gasteiger partial charge in [-0.3, -0.25) is 9.11 Å². The molecule has 0 spiro atoms. The Morgan fingerprint density at radius 1 is 1.21 bits per heavy atom. The minimum atomic E-state index is -4.67. The van der Waals surface area contributed by atoms with Crippen molar-refractivity contribution in [1.29, 1.82) is 0 Å². The highest BCUT2D eigenvalue weighted by Gasteiger charge is 2.55. The first-order valence-electron chi connectivity index (χ1n) is 9.17. The molecule has 0 amide bonds. The van der Waals surface area contributed by atoms with Crippen LogP contribution in [0.25, 0.3) is 11.0 Å². The lowest BCUT2D eigenvalue weighted by Gasteiger charge is -2.29. The van der Waals surface area contributed by atoms with E-state index in [2.05, 4.69) is 9.97 Å². The molecule has 0 bridgehead atoms. The Labute approximate surface area is 197 Å². The van der Waals surface area contributed by atoms with Gasteiger partial charge < -0.3 is 30.4 Å². The Kier molecular flexibility index (Phi) is 7.19. The summed E-state index contributed by atoms with van der Waals surface area (Å²) in [5.74, 6) is 0.287. The molecular weight excluding hydrogens is 503 g/mol. The summed E-state index contributed by atoms with van der Waals surface area (Å²) in [7, 11) is -4.67. The molecule has 0 aliphatic carbocycles. The molecule has 1 saturated heterocycles. The van der Waals surface area contributed by atoms with Crippen molar-refractivity contribution in [2.75, 3.05) is 5.73 Å². The maximum Gasteiger partial charge on any atom is 0.394 e. The molecule has 5 atom stereocenters. The summed E-state index contributed by atoms with van der Waals surface area (Å²) in [4.78, 5) is 8.11. The summed E-state index contributed by atoms with van der Waals surface area (Å²) in [5, 5.41) is 33.7. The summed E-state index contributed by atoms with van der Waals surface area (Å²) in [5.41, 5.74) is 4.94. The normalized spacial score (nSPS) is 26.1. The summed E-state index contributed by atoms with van der Waals surface area (Å²) >= 11 is 12.0. The molecule has 33 heavy (non-hydrogen) atoms. The van der Waals surface area contributed by atoms with Gasteiger partial charge in [0, 0.05) is 6.20 Å². The van der Waals surface area contributed by atoms with Crippen molar-refractivity contribution in [3.8, 4) is 0 Å². The van der Waals surface area contributed by atoms with Crippen molar-refractivity contribution in [2.24, 2.45) is 0 Å². The SMILES string of the molecule is C[C@@]1(O)[C@@H]([C@H](O)c2ccc(Cl)c(Cl)c2)O[C@@H](n2ccc3c(N)ncnc32)[C@@H]1O.O=S(=O)(O)O. The summed E-state index contributed by atoms with van der Waals surface area (Å²) < 4.78 is 39.0. The molecule has 1 fully saturated rings. The molecule has 3 aromatic rings. The average molecular weight is 523 g/mol. The Bertz CT molecular complexity index is 1260. The van der Waals surface area contributed by atoms with E-state index in [0.29, 0.717) is 21.6 Å². The van der Waals surface area contributed by atoms with Gasteiger partial charge in [-0.2, -0.15) is 8.42 Å². The quantitative estimate of drug-likeness (QED) is 0.271. The van der Waals surface area contributed by atoms with Crippen LogP contribution in [0.5, 0.6) is 0 Å². The Morgan fingerprint density at radius 3 is 2.45 bits per heavy atom. The molecule has 0 radical (unpaired) electrons. The zero-order chi connectivity index (χ0) is 24.7. The van der Waals surface area contributed by atoms with E-state index < -0.39 is 40.5 Å². The van der Waals surface area contributed by atoms with Gasteiger partial charge in [-0.15, -0.1) is 0 Å². The molecule has 0 unspecified atom stereocenters. The van der Waals surface area contributed by atoms with Gasteiger partial charge >= 0.3 is 10.4 Å². The zero-order valence-electron chi connectivity index (χ0n) is 16.8. The number of nitrogens with zero attached hydrogens (tertiary/aromatic N) is 3. The second-order valence-electron chi connectivity index (χ2n) is 7.40. The third-order valence-corrected chi connectivity index (χ3v) is 5.86. The third-order valence-electron chi connectivity index (χ3n) is 5.12. The van der Waals surface area contributed by atoms with Crippen LogP contribution >= 0.6 is 23.2 Å². The molecule has 4 rings (SSSR count). The van der Waals surface area contributed by atoms with Gasteiger partial charge in [0.25, 0.3) is 0 Å². The molecule has 2 aromatic heterocycles. The average Bonchev–Trinajstić information content (AvgIpc) is 3.22. The van der Waals surface area contributed by atoms with E-state index in [1.165, 1.54) is 19.3 Å². The topological polar surface area (TPSA) is 201 Å². The second-order valence-corrected chi connectivity index (χ2v) is 9.11. The fourth-order valence-electron chi connectivity index (χ4n) is 3.50. The molecule has 0 saturated carbocycles. The maximum atomic E-state index is 10.9. The molecule has 3 heterocycles. The lowest BCUT2D eigenvalue weighted by atomic mass is 9.88. The maximum absolute atomic E-state index is 10.9. The summed E-state index contributed by atoms with van der Waals surface area (Å²) in [6.07, 6.45) is -1.80. The number of rotatable bonds is 3. The van der Waals surface area contributed by atoms with Gasteiger partial charge in [-0.25, -0.2) is 9.97 Å². The van der Waals surface area contributed by atoms with Crippen LogP contribution in [0.4, 0.5) is 5.82 Å². The third kappa shape index (κ3) is 5.37. The van der Waals surface area contributed by atoms with Crippen LogP contribution in [0.15, 0.2) is 36.8 Å². The van der Waals surface area contributed by atoms with Gasteiger partial charge in [0.05, 0.1) is 15.4 Å². The van der Waals surface area contributed by atoms with Crippen LogP contribution in [-0.2, 0) is 15.1 Å². The highest BCUT2D eigenvalue weighted by Crippen LogP contribution is 2.44. The Morgan fingerprint density at radius 2 is 1.85 bits per heavy atom. The van der Waals surface area contributed by atoms with E-state index in [0.717, 1.165) is 0 Å². The van der Waals surface area contributed by atoms with Crippen molar-refractivity contribution in [2.45, 2.75) is 37.1 Å². The van der Waals surface area contributed by atoms with Crippen LogP contribution in [0.1, 0.15) is 24.8 Å². The van der Waals surface area contributed by atoms with Crippen molar-refractivity contribution < 1.29 is 37.6 Å². The van der Waals surface area contributed by atoms with Crippen molar-refractivity contribution in [1.82, 2.24) is 14.5 Å². The first kappa shape index (κ1) is 25.6. The van der Waals surface area contributed by atoms with Crippen LogP contribution in [-0.4, -0.2) is 65.2 Å². The van der Waals surface area contributed by atoms with Crippen LogP contribution in [0.3, 0.4) is 0 Å². The Hall–Kier alpha value is -2.07. The first-order valence-corrected chi connectivity index (χ1v) is 11.3. The zero-order valence-corrected chi connectivity index (χ0v) is 19.1. The minimum absolute atomic E-state index is 0.261. The number of benzene rings is 1. The van der Waals surface area contributed by atoms with E-state index in [4.69, 9.17) is 51.2 Å². The first-order chi connectivity index (χ1) is 15.2. The van der Waals surface area contributed by atoms with Crippen molar-refractivity contribution >= 4 is 50.5 Å². The molecule has 1 aromatic carbocycles. The van der Waals surface area contributed by atoms with Gasteiger partial charge in [-0.05, 0) is 30.7 Å². The standard InChI is InChI=1S/C18H18Cl2N4O4.H2O4S/c1-18(27)13(26)17(24-5-4-9-15(21)22-7-23-16(9)24)28-14(18)12(25)8-2-3-10(19)11(20)6-8;1-5(2,3)4/h2-7,12-14,17,25-27H,1H3,(H2,21,22,23);(H2,1,2,3,4)/t12-,13+,14-,17-,18+;/m1./s1. The fourth-order valence-corrected chi connectivity index (χ4v) is 3.80. The predicted molar refractivity (Wildman–Crippen MR) is 118 cm³/mol. The number of hydrogen-bond acceptors (Lipinski definition) is 9. The Balaban J connectivity index is 0.000000555. The fraction of sp³-hybridized carbons (Fsp3) is 0.333. The number of anilines is 1. The number of hydrogen-bond donors (Lipinski definition) is 6. The van der Waals surface area contributed by atoms with E-state index in [1.807, 2.05) is 0 Å². The monoisotopic (exact) mass is 522 g/mol. The number of aromatic nitrogens is 3. The van der Waals surface area contributed by atoms with Crippen LogP contribution in [0.2, 0.25) is 10.0 Å². The highest BCUT2D eigenvalue weighted by atomic mass is 35.5. The second kappa shape index (κ2) is 9.29. The number of ether oxygens (including phenoxy) is 1. The van der Waals surface area contributed by atoms with E-state index in [9.17, 15) is 15.3 Å². The number of nitrogens with two attached hydrogens (primary N) is 1. The largest absolute Gasteiger partial charge is 0.394 e. The van der Waals surface area contributed by atoms with E-state index >= 15 is 0 Å². The van der Waals surface area contributed by atoms with Crippen molar-refractivity contribution in [3.63, 3.8) is 0 Å². The number of halogens is 2. The lowest BCUT2D eigenvalue weighted by Crippen LogP contribution is -2.47. The molecule has 12 nitrogen and oxygen atoms in total. The predicted octanol–water partition coefficient (Wildman–Crippen LogP) is 1.41.